The van der Waals surface area contributed by atoms with Crippen LogP contribution >= 0.6 is 11.6 Å². The number of hydrogen-bond donors (Lipinski definition) is 2. The molecule has 0 aromatic heterocycles. The van der Waals surface area contributed by atoms with Crippen molar-refractivity contribution in [3.63, 3.8) is 0 Å². The van der Waals surface area contributed by atoms with Crippen molar-refractivity contribution in [3.8, 4) is 0 Å². The minimum atomic E-state index is -0.398. The summed E-state index contributed by atoms with van der Waals surface area (Å²) in [6.07, 6.45) is 0. The van der Waals surface area contributed by atoms with E-state index in [0.29, 0.717) is 12.5 Å². The third kappa shape index (κ3) is 3.74. The van der Waals surface area contributed by atoms with Gasteiger partial charge in [-0.3, -0.25) is 0 Å². The molecule has 0 amide bonds. The van der Waals surface area contributed by atoms with Crippen molar-refractivity contribution in [2.24, 2.45) is 11.7 Å². The zero-order valence-electron chi connectivity index (χ0n) is 9.63. The van der Waals surface area contributed by atoms with Crippen LogP contribution in [0.2, 0.25) is 5.02 Å². The Bertz CT molecular complexity index is 342. The lowest BCUT2D eigenvalue weighted by molar-refractivity contribution is 0.478. The van der Waals surface area contributed by atoms with Gasteiger partial charge in [-0.15, -0.1) is 0 Å². The second-order valence-corrected chi connectivity index (χ2v) is 4.67. The topological polar surface area (TPSA) is 38.0 Å². The van der Waals surface area contributed by atoms with Crippen LogP contribution in [-0.2, 0) is 0 Å². The maximum absolute atomic E-state index is 13.0. The fourth-order valence-electron chi connectivity index (χ4n) is 1.44. The summed E-state index contributed by atoms with van der Waals surface area (Å²) in [5.41, 5.74) is 6.61. The second kappa shape index (κ2) is 6.18. The zero-order chi connectivity index (χ0) is 12.1. The standard InChI is InChI=1S/C12H18ClFN2/c1-8(2)7-16-12(6-15)9-3-4-11(14)10(13)5-9/h3-5,8,12,16H,6-7,15H2,1-2H3. The van der Waals surface area contributed by atoms with E-state index in [1.165, 1.54) is 6.07 Å². The third-order valence-corrected chi connectivity index (χ3v) is 2.64. The first-order valence-electron chi connectivity index (χ1n) is 5.43. The van der Waals surface area contributed by atoms with E-state index in [-0.39, 0.29) is 11.1 Å². The first-order valence-corrected chi connectivity index (χ1v) is 5.80. The molecule has 3 N–H and O–H groups in total. The molecule has 0 aliphatic rings. The molecule has 1 rings (SSSR count). The van der Waals surface area contributed by atoms with Crippen LogP contribution in [0.3, 0.4) is 0 Å². The van der Waals surface area contributed by atoms with E-state index in [2.05, 4.69) is 19.2 Å². The Morgan fingerprint density at radius 1 is 1.44 bits per heavy atom. The number of benzene rings is 1. The van der Waals surface area contributed by atoms with Crippen LogP contribution in [0.5, 0.6) is 0 Å². The molecular weight excluding hydrogens is 227 g/mol. The molecule has 2 nitrogen and oxygen atoms in total. The molecule has 1 unspecified atom stereocenters. The predicted molar refractivity (Wildman–Crippen MR) is 66.0 cm³/mol. The summed E-state index contributed by atoms with van der Waals surface area (Å²) in [6.45, 7) is 5.59. The van der Waals surface area contributed by atoms with Crippen LogP contribution < -0.4 is 11.1 Å². The van der Waals surface area contributed by atoms with Gasteiger partial charge in [0.1, 0.15) is 5.82 Å². The van der Waals surface area contributed by atoms with Crippen LogP contribution in [0.15, 0.2) is 18.2 Å². The van der Waals surface area contributed by atoms with Gasteiger partial charge in [-0.1, -0.05) is 31.5 Å². The molecule has 0 radical (unpaired) electrons. The Balaban J connectivity index is 2.74. The van der Waals surface area contributed by atoms with Crippen LogP contribution in [0.1, 0.15) is 25.5 Å². The van der Waals surface area contributed by atoms with E-state index < -0.39 is 5.82 Å². The Kier molecular flexibility index (Phi) is 5.19. The van der Waals surface area contributed by atoms with E-state index in [1.54, 1.807) is 12.1 Å². The summed E-state index contributed by atoms with van der Waals surface area (Å²) in [5, 5.41) is 3.47. The zero-order valence-corrected chi connectivity index (χ0v) is 10.4. The van der Waals surface area contributed by atoms with Gasteiger partial charge in [0, 0.05) is 12.6 Å². The lowest BCUT2D eigenvalue weighted by Gasteiger charge is -2.19. The molecule has 0 spiro atoms. The molecule has 0 aliphatic carbocycles. The average Bonchev–Trinajstić information content (AvgIpc) is 2.23. The van der Waals surface area contributed by atoms with E-state index in [1.807, 2.05) is 0 Å². The Morgan fingerprint density at radius 2 is 2.12 bits per heavy atom. The Morgan fingerprint density at radius 3 is 2.62 bits per heavy atom. The first-order chi connectivity index (χ1) is 7.54. The molecule has 0 saturated carbocycles. The summed E-state index contributed by atoms with van der Waals surface area (Å²) in [5.74, 6) is 0.148. The summed E-state index contributed by atoms with van der Waals surface area (Å²) < 4.78 is 13.0. The maximum atomic E-state index is 13.0. The van der Waals surface area contributed by atoms with Crippen molar-refractivity contribution >= 4 is 11.6 Å². The van der Waals surface area contributed by atoms with E-state index >= 15 is 0 Å². The largest absolute Gasteiger partial charge is 0.329 e. The van der Waals surface area contributed by atoms with E-state index in [0.717, 1.165) is 12.1 Å². The molecule has 1 aromatic rings. The van der Waals surface area contributed by atoms with E-state index in [4.69, 9.17) is 17.3 Å². The van der Waals surface area contributed by atoms with Crippen molar-refractivity contribution < 1.29 is 4.39 Å². The average molecular weight is 245 g/mol. The molecule has 0 aliphatic heterocycles. The van der Waals surface area contributed by atoms with Crippen molar-refractivity contribution in [1.82, 2.24) is 5.32 Å². The van der Waals surface area contributed by atoms with Crippen LogP contribution in [0, 0.1) is 11.7 Å². The highest BCUT2D eigenvalue weighted by Gasteiger charge is 2.11. The SMILES string of the molecule is CC(C)CNC(CN)c1ccc(F)c(Cl)c1. The highest BCUT2D eigenvalue weighted by molar-refractivity contribution is 6.30. The van der Waals surface area contributed by atoms with Gasteiger partial charge in [-0.25, -0.2) is 4.39 Å². The molecule has 0 fully saturated rings. The van der Waals surface area contributed by atoms with Gasteiger partial charge in [-0.2, -0.15) is 0 Å². The number of nitrogens with one attached hydrogen (secondary N) is 1. The summed E-state index contributed by atoms with van der Waals surface area (Å²) >= 11 is 5.73. The molecule has 0 bridgehead atoms. The van der Waals surface area contributed by atoms with Crippen molar-refractivity contribution in [2.45, 2.75) is 19.9 Å². The summed E-state index contributed by atoms with van der Waals surface area (Å²) in [4.78, 5) is 0. The first kappa shape index (κ1) is 13.4. The summed E-state index contributed by atoms with van der Waals surface area (Å²) in [7, 11) is 0. The van der Waals surface area contributed by atoms with Crippen LogP contribution in [0.4, 0.5) is 4.39 Å². The van der Waals surface area contributed by atoms with Gasteiger partial charge in [0.05, 0.1) is 5.02 Å². The van der Waals surface area contributed by atoms with Gasteiger partial charge < -0.3 is 11.1 Å². The minimum absolute atomic E-state index is 0.0282. The van der Waals surface area contributed by atoms with Gasteiger partial charge in [0.2, 0.25) is 0 Å². The monoisotopic (exact) mass is 244 g/mol. The Hall–Kier alpha value is -0.640. The van der Waals surface area contributed by atoms with Crippen molar-refractivity contribution in [2.75, 3.05) is 13.1 Å². The predicted octanol–water partition coefficient (Wildman–Crippen LogP) is 2.72. The molecule has 16 heavy (non-hydrogen) atoms. The lowest BCUT2D eigenvalue weighted by atomic mass is 10.1. The maximum Gasteiger partial charge on any atom is 0.141 e. The molecule has 0 saturated heterocycles. The smallest absolute Gasteiger partial charge is 0.141 e. The normalized spacial score (nSPS) is 13.1. The van der Waals surface area contributed by atoms with Crippen molar-refractivity contribution in [1.29, 1.82) is 0 Å². The highest BCUT2D eigenvalue weighted by Crippen LogP contribution is 2.20. The van der Waals surface area contributed by atoms with Crippen LogP contribution in [0.25, 0.3) is 0 Å². The minimum Gasteiger partial charge on any atom is -0.329 e. The molecular formula is C12H18ClFN2. The number of nitrogens with two attached hydrogens (primary N) is 1. The number of hydrogen-bond acceptors (Lipinski definition) is 2. The second-order valence-electron chi connectivity index (χ2n) is 4.26. The molecule has 0 heterocycles. The molecule has 4 heteroatoms. The summed E-state index contributed by atoms with van der Waals surface area (Å²) in [6, 6.07) is 4.74. The lowest BCUT2D eigenvalue weighted by Crippen LogP contribution is -2.31. The quantitative estimate of drug-likeness (QED) is 0.836. The van der Waals surface area contributed by atoms with Gasteiger partial charge >= 0.3 is 0 Å². The molecule has 1 atom stereocenters. The van der Waals surface area contributed by atoms with Gasteiger partial charge in [-0.05, 0) is 30.2 Å². The molecule has 90 valence electrons. The van der Waals surface area contributed by atoms with Crippen LogP contribution in [-0.4, -0.2) is 13.1 Å². The van der Waals surface area contributed by atoms with Crippen molar-refractivity contribution in [3.05, 3.63) is 34.6 Å². The number of halogens is 2. The van der Waals surface area contributed by atoms with Gasteiger partial charge in [0.15, 0.2) is 0 Å². The molecule has 1 aromatic carbocycles. The Labute approximate surface area is 101 Å². The van der Waals surface area contributed by atoms with E-state index in [9.17, 15) is 4.39 Å². The highest BCUT2D eigenvalue weighted by atomic mass is 35.5. The number of rotatable bonds is 5. The fraction of sp³-hybridized carbons (Fsp3) is 0.500. The fourth-order valence-corrected chi connectivity index (χ4v) is 1.63. The van der Waals surface area contributed by atoms with Gasteiger partial charge in [0.25, 0.3) is 0 Å². The third-order valence-electron chi connectivity index (χ3n) is 2.35.